The maximum absolute atomic E-state index is 12.5. The summed E-state index contributed by atoms with van der Waals surface area (Å²) in [5, 5.41) is -0.0724. The van der Waals surface area contributed by atoms with Crippen molar-refractivity contribution in [3.8, 4) is 0 Å². The smallest absolute Gasteiger partial charge is 0.223 e. The molecule has 1 aromatic heterocycles. The van der Waals surface area contributed by atoms with Crippen LogP contribution in [0.4, 0.5) is 0 Å². The zero-order valence-electron chi connectivity index (χ0n) is 10.6. The molecule has 0 atom stereocenters. The summed E-state index contributed by atoms with van der Waals surface area (Å²) in [6.07, 6.45) is 2.82. The standard InChI is InChI=1S/C14H14N2O2S/c1-10-12-8-5-9-13(12)16-14(15-10)19(17,18)11-6-3-2-4-7-11/h2-4,6-7H,5,8-9H2,1H3. The van der Waals surface area contributed by atoms with Gasteiger partial charge in [0, 0.05) is 11.4 Å². The van der Waals surface area contributed by atoms with E-state index in [4.69, 9.17) is 0 Å². The second-order valence-corrected chi connectivity index (χ2v) is 6.53. The molecule has 2 aromatic rings. The third-order valence-electron chi connectivity index (χ3n) is 3.41. The van der Waals surface area contributed by atoms with Gasteiger partial charge in [0.1, 0.15) is 0 Å². The van der Waals surface area contributed by atoms with Gasteiger partial charge in [-0.3, -0.25) is 0 Å². The molecule has 5 heteroatoms. The number of sulfone groups is 1. The fourth-order valence-corrected chi connectivity index (χ4v) is 3.63. The molecule has 0 N–H and O–H groups in total. The second-order valence-electron chi connectivity index (χ2n) is 4.69. The summed E-state index contributed by atoms with van der Waals surface area (Å²) < 4.78 is 24.9. The number of benzene rings is 1. The zero-order valence-corrected chi connectivity index (χ0v) is 11.4. The maximum atomic E-state index is 12.5. The molecule has 0 bridgehead atoms. The van der Waals surface area contributed by atoms with Crippen LogP contribution in [-0.2, 0) is 22.7 Å². The molecular formula is C14H14N2O2S. The highest BCUT2D eigenvalue weighted by molar-refractivity contribution is 7.91. The van der Waals surface area contributed by atoms with Gasteiger partial charge in [-0.1, -0.05) is 18.2 Å². The van der Waals surface area contributed by atoms with Gasteiger partial charge in [-0.15, -0.1) is 0 Å². The Balaban J connectivity index is 2.16. The molecule has 1 aliphatic carbocycles. The number of fused-ring (bicyclic) bond motifs is 1. The number of aryl methyl sites for hydroxylation is 2. The van der Waals surface area contributed by atoms with Crippen molar-refractivity contribution < 1.29 is 8.42 Å². The fraction of sp³-hybridized carbons (Fsp3) is 0.286. The Labute approximate surface area is 112 Å². The molecule has 3 rings (SSSR count). The molecule has 1 aliphatic rings. The van der Waals surface area contributed by atoms with Gasteiger partial charge >= 0.3 is 0 Å². The first-order chi connectivity index (χ1) is 9.09. The van der Waals surface area contributed by atoms with E-state index in [0.29, 0.717) is 0 Å². The minimum atomic E-state index is -3.61. The molecule has 0 radical (unpaired) electrons. The van der Waals surface area contributed by atoms with Gasteiger partial charge in [-0.05, 0) is 43.9 Å². The minimum absolute atomic E-state index is 0.0724. The van der Waals surface area contributed by atoms with Gasteiger partial charge in [0.05, 0.1) is 4.90 Å². The molecule has 98 valence electrons. The summed E-state index contributed by atoms with van der Waals surface area (Å²) in [5.74, 6) is 0. The Kier molecular flexibility index (Phi) is 2.86. The first-order valence-electron chi connectivity index (χ1n) is 6.25. The predicted octanol–water partition coefficient (Wildman–Crippen LogP) is 2.11. The van der Waals surface area contributed by atoms with Gasteiger partial charge in [-0.2, -0.15) is 0 Å². The highest BCUT2D eigenvalue weighted by atomic mass is 32.2. The van der Waals surface area contributed by atoms with E-state index < -0.39 is 9.84 Å². The summed E-state index contributed by atoms with van der Waals surface area (Å²) in [6, 6.07) is 8.33. The van der Waals surface area contributed by atoms with Crippen molar-refractivity contribution in [3.63, 3.8) is 0 Å². The van der Waals surface area contributed by atoms with Crippen LogP contribution in [0.5, 0.6) is 0 Å². The van der Waals surface area contributed by atoms with Crippen molar-refractivity contribution in [1.29, 1.82) is 0 Å². The van der Waals surface area contributed by atoms with E-state index >= 15 is 0 Å². The fourth-order valence-electron chi connectivity index (χ4n) is 2.42. The number of nitrogens with zero attached hydrogens (tertiary/aromatic N) is 2. The molecule has 19 heavy (non-hydrogen) atoms. The molecule has 0 amide bonds. The van der Waals surface area contributed by atoms with Crippen molar-refractivity contribution in [2.75, 3.05) is 0 Å². The van der Waals surface area contributed by atoms with Gasteiger partial charge in [0.25, 0.3) is 5.16 Å². The van der Waals surface area contributed by atoms with Crippen LogP contribution < -0.4 is 0 Å². The third kappa shape index (κ3) is 2.04. The number of aromatic nitrogens is 2. The maximum Gasteiger partial charge on any atom is 0.252 e. The molecule has 0 aliphatic heterocycles. The molecule has 1 heterocycles. The molecule has 0 spiro atoms. The quantitative estimate of drug-likeness (QED) is 0.787. The van der Waals surface area contributed by atoms with E-state index in [1.54, 1.807) is 30.3 Å². The van der Waals surface area contributed by atoms with Gasteiger partial charge in [0.2, 0.25) is 9.84 Å². The first-order valence-corrected chi connectivity index (χ1v) is 7.74. The lowest BCUT2D eigenvalue weighted by molar-refractivity contribution is 0.585. The van der Waals surface area contributed by atoms with Crippen LogP contribution in [0, 0.1) is 6.92 Å². The van der Waals surface area contributed by atoms with Gasteiger partial charge in [-0.25, -0.2) is 18.4 Å². The number of rotatable bonds is 2. The molecule has 0 unspecified atom stereocenters. The summed E-state index contributed by atoms with van der Waals surface area (Å²) >= 11 is 0. The lowest BCUT2D eigenvalue weighted by atomic mass is 10.2. The van der Waals surface area contributed by atoms with Crippen LogP contribution in [0.25, 0.3) is 0 Å². The molecular weight excluding hydrogens is 260 g/mol. The number of hydrogen-bond acceptors (Lipinski definition) is 4. The van der Waals surface area contributed by atoms with E-state index in [-0.39, 0.29) is 10.1 Å². The van der Waals surface area contributed by atoms with Crippen molar-refractivity contribution in [2.24, 2.45) is 0 Å². The van der Waals surface area contributed by atoms with Crippen molar-refractivity contribution in [3.05, 3.63) is 47.3 Å². The zero-order chi connectivity index (χ0) is 13.5. The van der Waals surface area contributed by atoms with Crippen LogP contribution in [0.1, 0.15) is 23.4 Å². The second kappa shape index (κ2) is 4.42. The average Bonchev–Trinajstić information content (AvgIpc) is 2.88. The van der Waals surface area contributed by atoms with Crippen molar-refractivity contribution in [1.82, 2.24) is 9.97 Å². The van der Waals surface area contributed by atoms with Crippen LogP contribution in [0.15, 0.2) is 40.4 Å². The van der Waals surface area contributed by atoms with Crippen molar-refractivity contribution in [2.45, 2.75) is 36.2 Å². The van der Waals surface area contributed by atoms with Crippen LogP contribution in [-0.4, -0.2) is 18.4 Å². The normalized spacial score (nSPS) is 14.4. The lowest BCUT2D eigenvalue weighted by Crippen LogP contribution is -2.10. The summed E-state index contributed by atoms with van der Waals surface area (Å²) in [5.41, 5.74) is 2.80. The lowest BCUT2D eigenvalue weighted by Gasteiger charge is -2.07. The monoisotopic (exact) mass is 274 g/mol. The van der Waals surface area contributed by atoms with E-state index in [0.717, 1.165) is 36.2 Å². The van der Waals surface area contributed by atoms with Gasteiger partial charge in [0.15, 0.2) is 0 Å². The Morgan fingerprint density at radius 2 is 1.79 bits per heavy atom. The topological polar surface area (TPSA) is 59.9 Å². The predicted molar refractivity (Wildman–Crippen MR) is 70.7 cm³/mol. The van der Waals surface area contributed by atoms with Gasteiger partial charge < -0.3 is 0 Å². The molecule has 4 nitrogen and oxygen atoms in total. The molecule has 0 saturated heterocycles. The Hall–Kier alpha value is -1.75. The summed E-state index contributed by atoms with van der Waals surface area (Å²) in [4.78, 5) is 8.70. The average molecular weight is 274 g/mol. The number of hydrogen-bond donors (Lipinski definition) is 0. The molecule has 1 aromatic carbocycles. The SMILES string of the molecule is Cc1nc(S(=O)(=O)c2ccccc2)nc2c1CCC2. The van der Waals surface area contributed by atoms with Crippen LogP contribution in [0.3, 0.4) is 0 Å². The summed E-state index contributed by atoms with van der Waals surface area (Å²) in [6.45, 7) is 1.86. The Morgan fingerprint density at radius 1 is 1.05 bits per heavy atom. The highest BCUT2D eigenvalue weighted by Gasteiger charge is 2.25. The Bertz CT molecular complexity index is 725. The van der Waals surface area contributed by atoms with E-state index in [9.17, 15) is 8.42 Å². The molecule has 0 saturated carbocycles. The molecule has 0 fully saturated rings. The summed E-state index contributed by atoms with van der Waals surface area (Å²) in [7, 11) is -3.61. The Morgan fingerprint density at radius 3 is 2.53 bits per heavy atom. The van der Waals surface area contributed by atoms with Crippen molar-refractivity contribution >= 4 is 9.84 Å². The first kappa shape index (κ1) is 12.3. The van der Waals surface area contributed by atoms with Crippen LogP contribution >= 0.6 is 0 Å². The van der Waals surface area contributed by atoms with E-state index in [1.807, 2.05) is 6.92 Å². The third-order valence-corrected chi connectivity index (χ3v) is 4.97. The largest absolute Gasteiger partial charge is 0.252 e. The minimum Gasteiger partial charge on any atom is -0.223 e. The van der Waals surface area contributed by atoms with E-state index in [1.165, 1.54) is 0 Å². The van der Waals surface area contributed by atoms with Crippen LogP contribution in [0.2, 0.25) is 0 Å². The van der Waals surface area contributed by atoms with E-state index in [2.05, 4.69) is 9.97 Å². The highest BCUT2D eigenvalue weighted by Crippen LogP contribution is 2.25.